The highest BCUT2D eigenvalue weighted by molar-refractivity contribution is 6.29. The number of aromatic hydroxyl groups is 1. The first-order valence-corrected chi connectivity index (χ1v) is 10.6. The molecule has 0 saturated carbocycles. The van der Waals surface area contributed by atoms with Gasteiger partial charge in [0.1, 0.15) is 17.3 Å². The van der Waals surface area contributed by atoms with Crippen molar-refractivity contribution < 1.29 is 14.3 Å². The lowest BCUT2D eigenvalue weighted by Crippen LogP contribution is -2.26. The number of aliphatic imine (C=N–C) groups is 1. The van der Waals surface area contributed by atoms with Crippen LogP contribution in [0.1, 0.15) is 38.1 Å². The van der Waals surface area contributed by atoms with Gasteiger partial charge in [0.2, 0.25) is 0 Å². The Hall–Kier alpha value is -3.53. The fourth-order valence-electron chi connectivity index (χ4n) is 2.77. The summed E-state index contributed by atoms with van der Waals surface area (Å²) in [6.45, 7) is 8.08. The third-order valence-corrected chi connectivity index (χ3v) is 4.75. The van der Waals surface area contributed by atoms with E-state index in [1.165, 1.54) is 24.3 Å². The number of hydrogen-bond donors (Lipinski definition) is 3. The molecule has 0 unspecified atom stereocenters. The lowest BCUT2D eigenvalue weighted by molar-refractivity contribution is 0.0954. The van der Waals surface area contributed by atoms with Crippen LogP contribution in [0.3, 0.4) is 0 Å². The predicted octanol–water partition coefficient (Wildman–Crippen LogP) is 3.85. The fourth-order valence-corrected chi connectivity index (χ4v) is 2.92. The molecule has 1 amide bonds. The zero-order valence-corrected chi connectivity index (χ0v) is 19.5. The summed E-state index contributed by atoms with van der Waals surface area (Å²) in [5, 5.41) is 19.8. The van der Waals surface area contributed by atoms with Crippen molar-refractivity contribution in [2.24, 2.45) is 4.99 Å². The van der Waals surface area contributed by atoms with Crippen molar-refractivity contribution in [2.75, 3.05) is 18.4 Å². The number of amides is 1. The summed E-state index contributed by atoms with van der Waals surface area (Å²) >= 11 is 5.81. The van der Waals surface area contributed by atoms with Crippen LogP contribution < -0.4 is 10.6 Å². The van der Waals surface area contributed by atoms with Gasteiger partial charge in [-0.2, -0.15) is 5.10 Å². The van der Waals surface area contributed by atoms with Gasteiger partial charge in [-0.3, -0.25) is 9.79 Å². The van der Waals surface area contributed by atoms with Crippen LogP contribution in [-0.2, 0) is 5.54 Å². The molecular formula is C22H25ClFN7O2. The second kappa shape index (κ2) is 9.95. The van der Waals surface area contributed by atoms with Crippen molar-refractivity contribution in [3.05, 3.63) is 53.2 Å². The van der Waals surface area contributed by atoms with E-state index >= 15 is 0 Å². The van der Waals surface area contributed by atoms with Crippen molar-refractivity contribution in [1.29, 1.82) is 0 Å². The van der Waals surface area contributed by atoms with E-state index in [9.17, 15) is 14.3 Å². The molecule has 0 aliphatic carbocycles. The van der Waals surface area contributed by atoms with E-state index in [0.717, 1.165) is 6.07 Å². The Bertz CT molecular complexity index is 1190. The molecule has 0 fully saturated rings. The maximum atomic E-state index is 14.6. The van der Waals surface area contributed by atoms with Crippen molar-refractivity contribution in [2.45, 2.75) is 33.2 Å². The molecule has 3 aromatic rings. The van der Waals surface area contributed by atoms with E-state index in [0.29, 0.717) is 5.84 Å². The lowest BCUT2D eigenvalue weighted by atomic mass is 10.1. The number of amidine groups is 1. The number of anilines is 1. The average Bonchev–Trinajstić information content (AvgIpc) is 3.24. The normalized spacial score (nSPS) is 12.0. The van der Waals surface area contributed by atoms with Gasteiger partial charge in [0.25, 0.3) is 5.91 Å². The standard InChI is InChI=1S/C22H25ClFN7O2/c1-13(28-20-17(32)7-8-18(23)29-20)25-9-10-26-21(33)14-5-6-15(16(24)11-14)19-27-12-31(30-19)22(2,3)4/h5-8,11-12,32H,9-10H2,1-4H3,(H,26,33)(H,25,28,29). The van der Waals surface area contributed by atoms with Gasteiger partial charge < -0.3 is 15.7 Å². The number of carbonyl (C=O) groups excluding carboxylic acids is 1. The fraction of sp³-hybridized carbons (Fsp3) is 0.318. The van der Waals surface area contributed by atoms with Crippen LogP contribution in [0.2, 0.25) is 5.15 Å². The highest BCUT2D eigenvalue weighted by Gasteiger charge is 2.18. The first-order chi connectivity index (χ1) is 15.5. The summed E-state index contributed by atoms with van der Waals surface area (Å²) in [7, 11) is 0. The zero-order chi connectivity index (χ0) is 24.2. The third kappa shape index (κ3) is 6.26. The molecule has 3 rings (SSSR count). The number of nitrogens with zero attached hydrogens (tertiary/aromatic N) is 5. The lowest BCUT2D eigenvalue weighted by Gasteiger charge is -2.17. The van der Waals surface area contributed by atoms with Gasteiger partial charge in [-0.05, 0) is 58.0 Å². The highest BCUT2D eigenvalue weighted by Crippen LogP contribution is 2.23. The summed E-state index contributed by atoms with van der Waals surface area (Å²) in [5.41, 5.74) is 0.125. The molecule has 1 aromatic carbocycles. The molecule has 33 heavy (non-hydrogen) atoms. The van der Waals surface area contributed by atoms with E-state index in [1.807, 2.05) is 20.8 Å². The molecule has 0 saturated heterocycles. The molecule has 0 spiro atoms. The number of benzene rings is 1. The molecule has 2 aromatic heterocycles. The average molecular weight is 474 g/mol. The molecule has 9 nitrogen and oxygen atoms in total. The van der Waals surface area contributed by atoms with Gasteiger partial charge >= 0.3 is 0 Å². The molecule has 3 N–H and O–H groups in total. The van der Waals surface area contributed by atoms with E-state index in [1.54, 1.807) is 17.9 Å². The summed E-state index contributed by atoms with van der Waals surface area (Å²) in [5.74, 6) is -0.151. The van der Waals surface area contributed by atoms with Gasteiger partial charge in [-0.15, -0.1) is 0 Å². The molecule has 0 radical (unpaired) electrons. The van der Waals surface area contributed by atoms with Gasteiger partial charge in [-0.1, -0.05) is 11.6 Å². The SMILES string of the molecule is CC(=NCCNC(=O)c1ccc(-c2ncn(C(C)(C)C)n2)c(F)c1)Nc1nc(Cl)ccc1O. The third-order valence-electron chi connectivity index (χ3n) is 4.54. The maximum Gasteiger partial charge on any atom is 0.251 e. The summed E-state index contributed by atoms with van der Waals surface area (Å²) in [4.78, 5) is 24.8. The van der Waals surface area contributed by atoms with Crippen molar-refractivity contribution in [3.8, 4) is 17.1 Å². The minimum Gasteiger partial charge on any atom is -0.504 e. The van der Waals surface area contributed by atoms with Crippen LogP contribution in [-0.4, -0.2) is 49.7 Å². The minimum atomic E-state index is -0.582. The molecule has 11 heteroatoms. The van der Waals surface area contributed by atoms with E-state index in [2.05, 4.69) is 30.7 Å². The number of aromatic nitrogens is 4. The number of nitrogens with one attached hydrogen (secondary N) is 2. The van der Waals surface area contributed by atoms with Crippen LogP contribution in [0.5, 0.6) is 5.75 Å². The van der Waals surface area contributed by atoms with Crippen molar-refractivity contribution >= 4 is 29.2 Å². The zero-order valence-electron chi connectivity index (χ0n) is 18.7. The van der Waals surface area contributed by atoms with Crippen LogP contribution in [0, 0.1) is 5.82 Å². The second-order valence-corrected chi connectivity index (χ2v) is 8.62. The van der Waals surface area contributed by atoms with E-state index < -0.39 is 11.7 Å². The van der Waals surface area contributed by atoms with Crippen LogP contribution in [0.15, 0.2) is 41.7 Å². The summed E-state index contributed by atoms with van der Waals surface area (Å²) in [6, 6.07) is 7.06. The maximum absolute atomic E-state index is 14.6. The van der Waals surface area contributed by atoms with Gasteiger partial charge in [0.05, 0.1) is 23.5 Å². The number of rotatable bonds is 6. The Labute approximate surface area is 195 Å². The quantitative estimate of drug-likeness (QED) is 0.216. The molecule has 2 heterocycles. The first kappa shape index (κ1) is 24.1. The summed E-state index contributed by atoms with van der Waals surface area (Å²) < 4.78 is 16.3. The van der Waals surface area contributed by atoms with E-state index in [-0.39, 0.29) is 52.3 Å². The monoisotopic (exact) mass is 473 g/mol. The number of pyridine rings is 1. The number of carbonyl (C=O) groups is 1. The van der Waals surface area contributed by atoms with Crippen LogP contribution in [0.4, 0.5) is 10.2 Å². The Balaban J connectivity index is 1.56. The topological polar surface area (TPSA) is 117 Å². The molecular weight excluding hydrogens is 449 g/mol. The molecule has 0 atom stereocenters. The Morgan fingerprint density at radius 3 is 2.70 bits per heavy atom. The predicted molar refractivity (Wildman–Crippen MR) is 125 cm³/mol. The molecule has 0 aliphatic rings. The van der Waals surface area contributed by atoms with Crippen LogP contribution >= 0.6 is 11.6 Å². The molecule has 0 bridgehead atoms. The van der Waals surface area contributed by atoms with Crippen molar-refractivity contribution in [1.82, 2.24) is 25.1 Å². The second-order valence-electron chi connectivity index (χ2n) is 8.23. The van der Waals surface area contributed by atoms with Gasteiger partial charge in [0.15, 0.2) is 17.4 Å². The van der Waals surface area contributed by atoms with Crippen molar-refractivity contribution in [3.63, 3.8) is 0 Å². The Morgan fingerprint density at radius 1 is 1.27 bits per heavy atom. The molecule has 174 valence electrons. The highest BCUT2D eigenvalue weighted by atomic mass is 35.5. The minimum absolute atomic E-state index is 0.0619. The van der Waals surface area contributed by atoms with Gasteiger partial charge in [0, 0.05) is 12.1 Å². The molecule has 0 aliphatic heterocycles. The van der Waals surface area contributed by atoms with Gasteiger partial charge in [-0.25, -0.2) is 19.0 Å². The Morgan fingerprint density at radius 2 is 2.03 bits per heavy atom. The van der Waals surface area contributed by atoms with E-state index in [4.69, 9.17) is 11.6 Å². The first-order valence-electron chi connectivity index (χ1n) is 10.2. The Kier molecular flexibility index (Phi) is 7.27. The summed E-state index contributed by atoms with van der Waals surface area (Å²) in [6.07, 6.45) is 1.55. The van der Waals surface area contributed by atoms with Crippen LogP contribution in [0.25, 0.3) is 11.4 Å². The largest absolute Gasteiger partial charge is 0.504 e. The smallest absolute Gasteiger partial charge is 0.251 e. The number of halogens is 2. The number of hydrogen-bond acceptors (Lipinski definition) is 6.